The van der Waals surface area contributed by atoms with Gasteiger partial charge in [-0.1, -0.05) is 0 Å². The number of rotatable bonds is 9. The van der Waals surface area contributed by atoms with Gasteiger partial charge in [0.15, 0.2) is 0 Å². The van der Waals surface area contributed by atoms with Crippen LogP contribution in [0.3, 0.4) is 0 Å². The van der Waals surface area contributed by atoms with Gasteiger partial charge in [-0.25, -0.2) is 4.39 Å². The van der Waals surface area contributed by atoms with Crippen LogP contribution in [0, 0.1) is 11.7 Å². The second kappa shape index (κ2) is 8.66. The van der Waals surface area contributed by atoms with Crippen LogP contribution in [-0.4, -0.2) is 31.8 Å². The third kappa shape index (κ3) is 4.77. The SMILES string of the molecule is COc1ccc(F)cc1[C@@H]1C[C@H]1CNCCCOc1ccc2ccc(=O)[nH]c2c1. The molecule has 0 saturated heterocycles. The van der Waals surface area contributed by atoms with Crippen LogP contribution in [-0.2, 0) is 0 Å². The summed E-state index contributed by atoms with van der Waals surface area (Å²) in [5, 5.41) is 4.44. The van der Waals surface area contributed by atoms with Gasteiger partial charge < -0.3 is 19.8 Å². The molecule has 1 saturated carbocycles. The summed E-state index contributed by atoms with van der Waals surface area (Å²) in [5.41, 5.74) is 1.63. The zero-order valence-electron chi connectivity index (χ0n) is 16.4. The molecular formula is C23H25FN2O3. The smallest absolute Gasteiger partial charge is 0.248 e. The van der Waals surface area contributed by atoms with Crippen molar-refractivity contribution in [3.8, 4) is 11.5 Å². The molecule has 2 atom stereocenters. The van der Waals surface area contributed by atoms with Crippen molar-refractivity contribution < 1.29 is 13.9 Å². The van der Waals surface area contributed by atoms with Crippen molar-refractivity contribution in [3.05, 3.63) is 70.3 Å². The van der Waals surface area contributed by atoms with E-state index in [0.717, 1.165) is 53.9 Å². The van der Waals surface area contributed by atoms with Crippen LogP contribution in [0.5, 0.6) is 11.5 Å². The molecular weight excluding hydrogens is 371 g/mol. The van der Waals surface area contributed by atoms with E-state index in [2.05, 4.69) is 10.3 Å². The summed E-state index contributed by atoms with van der Waals surface area (Å²) in [6, 6.07) is 13.7. The first-order valence-electron chi connectivity index (χ1n) is 9.94. The Morgan fingerprint density at radius 2 is 2.03 bits per heavy atom. The fourth-order valence-corrected chi connectivity index (χ4v) is 3.74. The van der Waals surface area contributed by atoms with Gasteiger partial charge in [-0.15, -0.1) is 0 Å². The van der Waals surface area contributed by atoms with E-state index in [-0.39, 0.29) is 11.4 Å². The Labute approximate surface area is 168 Å². The minimum atomic E-state index is -0.214. The maximum atomic E-state index is 13.5. The van der Waals surface area contributed by atoms with Crippen molar-refractivity contribution >= 4 is 10.9 Å². The van der Waals surface area contributed by atoms with E-state index in [1.165, 1.54) is 12.1 Å². The molecule has 1 heterocycles. The largest absolute Gasteiger partial charge is 0.496 e. The zero-order valence-corrected chi connectivity index (χ0v) is 16.4. The number of benzene rings is 2. The Balaban J connectivity index is 1.18. The summed E-state index contributed by atoms with van der Waals surface area (Å²) < 4.78 is 24.7. The maximum absolute atomic E-state index is 13.5. The molecule has 1 fully saturated rings. The van der Waals surface area contributed by atoms with Crippen molar-refractivity contribution in [2.45, 2.75) is 18.8 Å². The van der Waals surface area contributed by atoms with Crippen LogP contribution in [0.1, 0.15) is 24.3 Å². The molecule has 0 amide bonds. The van der Waals surface area contributed by atoms with E-state index in [4.69, 9.17) is 9.47 Å². The Morgan fingerprint density at radius 3 is 2.90 bits per heavy atom. The molecule has 1 aliphatic rings. The third-order valence-electron chi connectivity index (χ3n) is 5.38. The van der Waals surface area contributed by atoms with Crippen LogP contribution in [0.4, 0.5) is 4.39 Å². The van der Waals surface area contributed by atoms with E-state index in [1.807, 2.05) is 18.2 Å². The number of aromatic amines is 1. The topological polar surface area (TPSA) is 63.4 Å². The number of ether oxygens (including phenoxy) is 2. The first-order chi connectivity index (χ1) is 14.1. The number of nitrogens with one attached hydrogen (secondary N) is 2. The molecule has 0 bridgehead atoms. The summed E-state index contributed by atoms with van der Waals surface area (Å²) in [4.78, 5) is 14.2. The fourth-order valence-electron chi connectivity index (χ4n) is 3.74. The number of methoxy groups -OCH3 is 1. The van der Waals surface area contributed by atoms with Crippen molar-refractivity contribution in [2.24, 2.45) is 5.92 Å². The second-order valence-electron chi connectivity index (χ2n) is 7.47. The minimum absolute atomic E-state index is 0.118. The quantitative estimate of drug-likeness (QED) is 0.540. The molecule has 0 radical (unpaired) electrons. The highest BCUT2D eigenvalue weighted by Crippen LogP contribution is 2.50. The number of halogens is 1. The number of fused-ring (bicyclic) bond motifs is 1. The van der Waals surface area contributed by atoms with E-state index in [9.17, 15) is 9.18 Å². The molecule has 0 spiro atoms. The standard InChI is InChI=1S/C23H25FN2O3/c1-28-22-7-5-17(24)12-20(22)19-11-16(19)14-25-9-2-10-29-18-6-3-15-4-8-23(27)26-21(15)13-18/h3-8,12-13,16,19,25H,2,9-11,14H2,1H3,(H,26,27)/t16-,19+/m0/s1. The highest BCUT2D eigenvalue weighted by molar-refractivity contribution is 5.79. The average molecular weight is 396 g/mol. The first-order valence-corrected chi connectivity index (χ1v) is 9.94. The number of aromatic nitrogens is 1. The number of hydrogen-bond acceptors (Lipinski definition) is 4. The lowest BCUT2D eigenvalue weighted by Gasteiger charge is -2.09. The van der Waals surface area contributed by atoms with Crippen LogP contribution in [0.25, 0.3) is 10.9 Å². The lowest BCUT2D eigenvalue weighted by molar-refractivity contribution is 0.308. The highest BCUT2D eigenvalue weighted by atomic mass is 19.1. The molecule has 0 aliphatic heterocycles. The molecule has 0 unspecified atom stereocenters. The van der Waals surface area contributed by atoms with Crippen LogP contribution >= 0.6 is 0 Å². The Bertz CT molecular complexity index is 1050. The van der Waals surface area contributed by atoms with Crippen LogP contribution in [0.15, 0.2) is 53.3 Å². The lowest BCUT2D eigenvalue weighted by Crippen LogP contribution is -2.20. The molecule has 2 aromatic carbocycles. The van der Waals surface area contributed by atoms with Gasteiger partial charge in [0.2, 0.25) is 5.56 Å². The van der Waals surface area contributed by atoms with Gasteiger partial charge in [-0.3, -0.25) is 4.79 Å². The predicted molar refractivity (Wildman–Crippen MR) is 111 cm³/mol. The Kier molecular flexibility index (Phi) is 5.81. The summed E-state index contributed by atoms with van der Waals surface area (Å²) in [6.07, 6.45) is 1.93. The first kappa shape index (κ1) is 19.5. The number of hydrogen-bond donors (Lipinski definition) is 2. The van der Waals surface area contributed by atoms with E-state index < -0.39 is 0 Å². The van der Waals surface area contributed by atoms with Gasteiger partial charge in [0.25, 0.3) is 0 Å². The molecule has 2 N–H and O–H groups in total. The van der Waals surface area contributed by atoms with Crippen molar-refractivity contribution in [1.29, 1.82) is 0 Å². The van der Waals surface area contributed by atoms with E-state index >= 15 is 0 Å². The predicted octanol–water partition coefficient (Wildman–Crippen LogP) is 3.84. The zero-order chi connectivity index (χ0) is 20.2. The lowest BCUT2D eigenvalue weighted by atomic mass is 10.1. The summed E-state index contributed by atoms with van der Waals surface area (Å²) in [5.74, 6) is 2.19. The minimum Gasteiger partial charge on any atom is -0.496 e. The van der Waals surface area contributed by atoms with Gasteiger partial charge in [0.1, 0.15) is 17.3 Å². The van der Waals surface area contributed by atoms with Crippen molar-refractivity contribution in [2.75, 3.05) is 26.8 Å². The Morgan fingerprint density at radius 1 is 1.17 bits per heavy atom. The fraction of sp³-hybridized carbons (Fsp3) is 0.348. The van der Waals surface area contributed by atoms with Gasteiger partial charge >= 0.3 is 0 Å². The van der Waals surface area contributed by atoms with Crippen molar-refractivity contribution in [1.82, 2.24) is 10.3 Å². The highest BCUT2D eigenvalue weighted by Gasteiger charge is 2.39. The molecule has 1 aliphatic carbocycles. The molecule has 6 heteroatoms. The van der Waals surface area contributed by atoms with E-state index in [1.54, 1.807) is 25.3 Å². The maximum Gasteiger partial charge on any atom is 0.248 e. The molecule has 29 heavy (non-hydrogen) atoms. The number of H-pyrrole nitrogens is 1. The second-order valence-corrected chi connectivity index (χ2v) is 7.47. The third-order valence-corrected chi connectivity index (χ3v) is 5.38. The van der Waals surface area contributed by atoms with E-state index in [0.29, 0.717) is 18.4 Å². The van der Waals surface area contributed by atoms with Gasteiger partial charge in [-0.05, 0) is 79.6 Å². The summed E-state index contributed by atoms with van der Waals surface area (Å²) in [7, 11) is 1.62. The molecule has 152 valence electrons. The summed E-state index contributed by atoms with van der Waals surface area (Å²) >= 11 is 0. The molecule has 4 rings (SSSR count). The van der Waals surface area contributed by atoms with Crippen LogP contribution in [0.2, 0.25) is 0 Å². The summed E-state index contributed by atoms with van der Waals surface area (Å²) in [6.45, 7) is 2.36. The van der Waals surface area contributed by atoms with Gasteiger partial charge in [-0.2, -0.15) is 0 Å². The van der Waals surface area contributed by atoms with Gasteiger partial charge in [0.05, 0.1) is 19.2 Å². The average Bonchev–Trinajstić information content (AvgIpc) is 3.49. The van der Waals surface area contributed by atoms with Gasteiger partial charge in [0, 0.05) is 17.7 Å². The Hall–Kier alpha value is -2.86. The molecule has 5 nitrogen and oxygen atoms in total. The monoisotopic (exact) mass is 396 g/mol. The number of pyridine rings is 1. The molecule has 3 aromatic rings. The molecule has 1 aromatic heterocycles. The van der Waals surface area contributed by atoms with Crippen molar-refractivity contribution in [3.63, 3.8) is 0 Å². The van der Waals surface area contributed by atoms with Crippen LogP contribution < -0.4 is 20.3 Å². The normalized spacial score (nSPS) is 18.0.